The van der Waals surface area contributed by atoms with E-state index in [9.17, 15) is 9.59 Å². The molecule has 0 bridgehead atoms. The molecule has 6 rings (SSSR count). The summed E-state index contributed by atoms with van der Waals surface area (Å²) in [6.07, 6.45) is 6.06. The fraction of sp³-hybridized carbons (Fsp3) is 0.419. The van der Waals surface area contributed by atoms with E-state index in [-0.39, 0.29) is 17.9 Å². The van der Waals surface area contributed by atoms with Gasteiger partial charge in [0.15, 0.2) is 0 Å². The summed E-state index contributed by atoms with van der Waals surface area (Å²) in [5, 5.41) is 9.52. The SMILES string of the molecule is O=C(Nc1ccc(-c2ccnc(Nc3ccc(N4CCN(C(=O)CN5CCCC5)CC4)cc3)n2)cc1)C1CCCN1. The Labute approximate surface area is 241 Å². The van der Waals surface area contributed by atoms with Crippen molar-refractivity contribution in [1.29, 1.82) is 0 Å². The number of hydrogen-bond acceptors (Lipinski definition) is 8. The van der Waals surface area contributed by atoms with Crippen LogP contribution in [-0.2, 0) is 9.59 Å². The third kappa shape index (κ3) is 6.83. The van der Waals surface area contributed by atoms with Crippen LogP contribution in [0.2, 0.25) is 0 Å². The predicted octanol–water partition coefficient (Wildman–Crippen LogP) is 3.32. The van der Waals surface area contributed by atoms with Crippen molar-refractivity contribution in [2.45, 2.75) is 31.7 Å². The van der Waals surface area contributed by atoms with Gasteiger partial charge in [0.2, 0.25) is 17.8 Å². The smallest absolute Gasteiger partial charge is 0.241 e. The number of piperazine rings is 1. The molecule has 0 saturated carbocycles. The molecule has 3 N–H and O–H groups in total. The Balaban J connectivity index is 1.01. The zero-order valence-corrected chi connectivity index (χ0v) is 23.4. The van der Waals surface area contributed by atoms with E-state index < -0.39 is 0 Å². The maximum Gasteiger partial charge on any atom is 0.241 e. The Kier molecular flexibility index (Phi) is 8.39. The molecule has 10 nitrogen and oxygen atoms in total. The molecule has 1 atom stereocenters. The maximum absolute atomic E-state index is 12.7. The van der Waals surface area contributed by atoms with Crippen LogP contribution in [0.4, 0.5) is 23.0 Å². The quantitative estimate of drug-likeness (QED) is 0.390. The molecule has 2 aromatic carbocycles. The lowest BCUT2D eigenvalue weighted by Gasteiger charge is -2.36. The average Bonchev–Trinajstić information content (AvgIpc) is 3.74. The van der Waals surface area contributed by atoms with E-state index in [0.29, 0.717) is 12.5 Å². The highest BCUT2D eigenvalue weighted by Crippen LogP contribution is 2.24. The Morgan fingerprint density at radius 2 is 1.59 bits per heavy atom. The molecule has 1 aromatic heterocycles. The first kappa shape index (κ1) is 27.2. The van der Waals surface area contributed by atoms with E-state index in [1.54, 1.807) is 6.20 Å². The molecule has 214 valence electrons. The molecule has 10 heteroatoms. The summed E-state index contributed by atoms with van der Waals surface area (Å²) in [6, 6.07) is 17.8. The number of carbonyl (C=O) groups excluding carboxylic acids is 2. The van der Waals surface area contributed by atoms with E-state index in [1.807, 2.05) is 47.4 Å². The molecule has 3 aromatic rings. The molecule has 3 fully saturated rings. The second-order valence-electron chi connectivity index (χ2n) is 11.0. The van der Waals surface area contributed by atoms with Crippen molar-refractivity contribution in [3.63, 3.8) is 0 Å². The molecular weight excluding hydrogens is 516 g/mol. The molecule has 0 spiro atoms. The summed E-state index contributed by atoms with van der Waals surface area (Å²) in [5.74, 6) is 0.790. The van der Waals surface area contributed by atoms with Crippen molar-refractivity contribution in [3.05, 3.63) is 60.8 Å². The maximum atomic E-state index is 12.7. The lowest BCUT2D eigenvalue weighted by atomic mass is 10.1. The average molecular weight is 555 g/mol. The Morgan fingerprint density at radius 3 is 2.29 bits per heavy atom. The summed E-state index contributed by atoms with van der Waals surface area (Å²) in [7, 11) is 0. The van der Waals surface area contributed by atoms with Gasteiger partial charge in [0.05, 0.1) is 18.3 Å². The van der Waals surface area contributed by atoms with Crippen LogP contribution in [0.3, 0.4) is 0 Å². The van der Waals surface area contributed by atoms with Crippen LogP contribution < -0.4 is 20.9 Å². The first-order valence-corrected chi connectivity index (χ1v) is 14.7. The number of nitrogens with one attached hydrogen (secondary N) is 3. The summed E-state index contributed by atoms with van der Waals surface area (Å²) < 4.78 is 0. The van der Waals surface area contributed by atoms with Crippen LogP contribution >= 0.6 is 0 Å². The summed E-state index contributed by atoms with van der Waals surface area (Å²) >= 11 is 0. The molecule has 0 aliphatic carbocycles. The normalized spacial score (nSPS) is 19.4. The third-order valence-electron chi connectivity index (χ3n) is 8.16. The van der Waals surface area contributed by atoms with Gasteiger partial charge in [0.25, 0.3) is 0 Å². The van der Waals surface area contributed by atoms with Crippen molar-refractivity contribution in [2.75, 3.05) is 67.9 Å². The molecule has 3 saturated heterocycles. The number of carbonyl (C=O) groups is 2. The number of hydrogen-bond donors (Lipinski definition) is 3. The van der Waals surface area contributed by atoms with Crippen LogP contribution in [-0.4, -0.2) is 90.0 Å². The van der Waals surface area contributed by atoms with E-state index in [1.165, 1.54) is 12.8 Å². The minimum Gasteiger partial charge on any atom is -0.368 e. The number of rotatable bonds is 8. The number of likely N-dealkylation sites (tertiary alicyclic amines) is 1. The number of aromatic nitrogens is 2. The van der Waals surface area contributed by atoms with Gasteiger partial charge in [-0.25, -0.2) is 9.97 Å². The second kappa shape index (κ2) is 12.7. The minimum atomic E-state index is -0.107. The van der Waals surface area contributed by atoms with Crippen LogP contribution in [0.15, 0.2) is 60.8 Å². The van der Waals surface area contributed by atoms with Gasteiger partial charge >= 0.3 is 0 Å². The highest BCUT2D eigenvalue weighted by molar-refractivity contribution is 5.95. The van der Waals surface area contributed by atoms with Gasteiger partial charge in [0.1, 0.15) is 0 Å². The van der Waals surface area contributed by atoms with Gasteiger partial charge in [-0.1, -0.05) is 12.1 Å². The highest BCUT2D eigenvalue weighted by atomic mass is 16.2. The largest absolute Gasteiger partial charge is 0.368 e. The van der Waals surface area contributed by atoms with Crippen molar-refractivity contribution >= 4 is 34.8 Å². The van der Waals surface area contributed by atoms with Gasteiger partial charge in [-0.15, -0.1) is 0 Å². The Bertz CT molecular complexity index is 1330. The molecule has 1 unspecified atom stereocenters. The zero-order chi connectivity index (χ0) is 28.0. The monoisotopic (exact) mass is 554 g/mol. The number of amides is 2. The van der Waals surface area contributed by atoms with Crippen LogP contribution in [0.1, 0.15) is 25.7 Å². The van der Waals surface area contributed by atoms with Crippen molar-refractivity contribution < 1.29 is 9.59 Å². The minimum absolute atomic E-state index is 0.0140. The topological polar surface area (TPSA) is 106 Å². The third-order valence-corrected chi connectivity index (χ3v) is 8.16. The predicted molar refractivity (Wildman–Crippen MR) is 161 cm³/mol. The number of anilines is 4. The van der Waals surface area contributed by atoms with Crippen LogP contribution in [0, 0.1) is 0 Å². The summed E-state index contributed by atoms with van der Waals surface area (Å²) in [6.45, 7) is 6.75. The highest BCUT2D eigenvalue weighted by Gasteiger charge is 2.24. The van der Waals surface area contributed by atoms with E-state index in [0.717, 1.165) is 87.0 Å². The Morgan fingerprint density at radius 1 is 0.854 bits per heavy atom. The van der Waals surface area contributed by atoms with Crippen molar-refractivity contribution in [1.82, 2.24) is 25.1 Å². The zero-order valence-electron chi connectivity index (χ0n) is 23.4. The first-order chi connectivity index (χ1) is 20.1. The molecule has 3 aliphatic rings. The molecule has 2 amide bonds. The van der Waals surface area contributed by atoms with E-state index in [2.05, 4.69) is 42.9 Å². The first-order valence-electron chi connectivity index (χ1n) is 14.7. The van der Waals surface area contributed by atoms with E-state index >= 15 is 0 Å². The van der Waals surface area contributed by atoms with Crippen molar-refractivity contribution in [3.8, 4) is 11.3 Å². The van der Waals surface area contributed by atoms with Crippen LogP contribution in [0.25, 0.3) is 11.3 Å². The second-order valence-corrected chi connectivity index (χ2v) is 11.0. The lowest BCUT2D eigenvalue weighted by molar-refractivity contribution is -0.132. The molecular formula is C31H38N8O2. The fourth-order valence-electron chi connectivity index (χ4n) is 5.77. The Hall–Kier alpha value is -4.02. The van der Waals surface area contributed by atoms with Gasteiger partial charge in [-0.3, -0.25) is 14.5 Å². The fourth-order valence-corrected chi connectivity index (χ4v) is 5.77. The molecule has 0 radical (unpaired) electrons. The molecule has 4 heterocycles. The lowest BCUT2D eigenvalue weighted by Crippen LogP contribution is -2.51. The standard InChI is InChI=1S/C31H38N8O2/c40-29(22-37-16-1-2-17-37)39-20-18-38(19-21-39)26-11-9-25(10-12-26)35-31-33-15-13-27(36-31)23-5-7-24(8-6-23)34-30(41)28-4-3-14-32-28/h5-13,15,28,32H,1-4,14,16-22H2,(H,34,41)(H,33,35,36). The van der Waals surface area contributed by atoms with Gasteiger partial charge in [0, 0.05) is 55.0 Å². The van der Waals surface area contributed by atoms with E-state index in [4.69, 9.17) is 4.98 Å². The molecule has 3 aliphatic heterocycles. The van der Waals surface area contributed by atoms with Gasteiger partial charge < -0.3 is 25.8 Å². The van der Waals surface area contributed by atoms with Crippen LogP contribution in [0.5, 0.6) is 0 Å². The summed E-state index contributed by atoms with van der Waals surface area (Å²) in [5.41, 5.74) is 4.57. The molecule has 41 heavy (non-hydrogen) atoms. The van der Waals surface area contributed by atoms with Crippen molar-refractivity contribution in [2.24, 2.45) is 0 Å². The number of nitrogens with zero attached hydrogens (tertiary/aromatic N) is 5. The van der Waals surface area contributed by atoms with Gasteiger partial charge in [-0.05, 0) is 87.8 Å². The van der Waals surface area contributed by atoms with Gasteiger partial charge in [-0.2, -0.15) is 0 Å². The number of benzene rings is 2. The summed E-state index contributed by atoms with van der Waals surface area (Å²) in [4.78, 5) is 40.7.